The summed E-state index contributed by atoms with van der Waals surface area (Å²) in [6.07, 6.45) is -3.19. The van der Waals surface area contributed by atoms with Crippen molar-refractivity contribution in [3.8, 4) is 5.69 Å². The fourth-order valence-electron chi connectivity index (χ4n) is 3.79. The van der Waals surface area contributed by atoms with Crippen LogP contribution < -0.4 is 10.2 Å². The summed E-state index contributed by atoms with van der Waals surface area (Å²) in [5, 5.41) is 2.69. The smallest absolute Gasteiger partial charge is 0.318 e. The maximum atomic E-state index is 13.2. The molecule has 1 aliphatic heterocycles. The van der Waals surface area contributed by atoms with Crippen molar-refractivity contribution in [3.05, 3.63) is 87.7 Å². The van der Waals surface area contributed by atoms with Crippen molar-refractivity contribution in [1.82, 2.24) is 9.88 Å². The number of anilines is 1. The number of rotatable bonds is 3. The Labute approximate surface area is 203 Å². The second-order valence-corrected chi connectivity index (χ2v) is 8.47. The van der Waals surface area contributed by atoms with E-state index in [1.165, 1.54) is 18.2 Å². The Morgan fingerprint density at radius 1 is 1.00 bits per heavy atom. The lowest BCUT2D eigenvalue weighted by atomic mass is 10.1. The highest BCUT2D eigenvalue weighted by molar-refractivity contribution is 7.80. The van der Waals surface area contributed by atoms with Crippen molar-refractivity contribution in [3.63, 3.8) is 0 Å². The van der Waals surface area contributed by atoms with E-state index in [-0.39, 0.29) is 16.4 Å². The highest BCUT2D eigenvalue weighted by Crippen LogP contribution is 2.33. The number of nitrogens with zero attached hydrogens (tertiary/aromatic N) is 2. The van der Waals surface area contributed by atoms with E-state index >= 15 is 0 Å². The average molecular weight is 504 g/mol. The number of hydrogen-bond donors (Lipinski definition) is 1. The number of amides is 2. The molecule has 1 aliphatic rings. The lowest BCUT2D eigenvalue weighted by Gasteiger charge is -2.29. The molecule has 2 amide bonds. The maximum absolute atomic E-state index is 13.2. The van der Waals surface area contributed by atoms with Gasteiger partial charge in [-0.1, -0.05) is 17.7 Å². The molecule has 2 aromatic carbocycles. The molecular weight excluding hydrogens is 487 g/mol. The van der Waals surface area contributed by atoms with Crippen molar-refractivity contribution >= 4 is 52.5 Å². The highest BCUT2D eigenvalue weighted by Gasteiger charge is 2.36. The minimum Gasteiger partial charge on any atom is -0.318 e. The molecule has 174 valence electrons. The number of aromatic nitrogens is 1. The Hall–Kier alpha value is -3.43. The minimum atomic E-state index is -4.60. The third kappa shape index (κ3) is 4.36. The van der Waals surface area contributed by atoms with Crippen LogP contribution >= 0.6 is 23.8 Å². The Morgan fingerprint density at radius 3 is 2.32 bits per heavy atom. The molecule has 0 aliphatic carbocycles. The van der Waals surface area contributed by atoms with Crippen LogP contribution in [0.15, 0.2) is 60.2 Å². The first-order chi connectivity index (χ1) is 16.0. The topological polar surface area (TPSA) is 54.3 Å². The van der Waals surface area contributed by atoms with Gasteiger partial charge in [-0.2, -0.15) is 13.2 Å². The second-order valence-electron chi connectivity index (χ2n) is 7.64. The van der Waals surface area contributed by atoms with Crippen molar-refractivity contribution in [2.75, 3.05) is 4.90 Å². The molecule has 1 fully saturated rings. The quantitative estimate of drug-likeness (QED) is 0.288. The Bertz CT molecular complexity index is 1360. The standard InChI is InChI=1S/C24H17ClF3N3O2S/c1-13-10-15(14(2)30(13)18-8-6-17(25)7-9-18)11-20-21(32)29-23(34)31(22(20)33)19-5-3-4-16(12-19)24(26,27)28/h3-12H,1-2H3,(H,29,32,34)/b20-11-. The van der Waals surface area contributed by atoms with Gasteiger partial charge in [-0.15, -0.1) is 0 Å². The van der Waals surface area contributed by atoms with Gasteiger partial charge in [-0.25, -0.2) is 0 Å². The number of nitrogens with one attached hydrogen (secondary N) is 1. The zero-order valence-corrected chi connectivity index (χ0v) is 19.5. The summed E-state index contributed by atoms with van der Waals surface area (Å²) in [7, 11) is 0. The Morgan fingerprint density at radius 2 is 1.68 bits per heavy atom. The summed E-state index contributed by atoms with van der Waals surface area (Å²) < 4.78 is 41.5. The van der Waals surface area contributed by atoms with E-state index in [1.807, 2.05) is 30.5 Å². The lowest BCUT2D eigenvalue weighted by molar-refractivity contribution is -0.137. The minimum absolute atomic E-state index is 0.0950. The number of halogens is 4. The van der Waals surface area contributed by atoms with E-state index in [2.05, 4.69) is 5.32 Å². The third-order valence-electron chi connectivity index (χ3n) is 5.39. The van der Waals surface area contributed by atoms with E-state index in [0.717, 1.165) is 34.1 Å². The third-order valence-corrected chi connectivity index (χ3v) is 5.92. The van der Waals surface area contributed by atoms with Crippen molar-refractivity contribution in [1.29, 1.82) is 0 Å². The normalized spacial score (nSPS) is 15.8. The van der Waals surface area contributed by atoms with Crippen molar-refractivity contribution in [2.24, 2.45) is 0 Å². The molecule has 1 saturated heterocycles. The molecule has 2 heterocycles. The first kappa shape index (κ1) is 23.7. The fourth-order valence-corrected chi connectivity index (χ4v) is 4.20. The molecule has 0 unspecified atom stereocenters. The van der Waals surface area contributed by atoms with Crippen molar-refractivity contribution < 1.29 is 22.8 Å². The van der Waals surface area contributed by atoms with Gasteiger partial charge >= 0.3 is 6.18 Å². The molecule has 0 bridgehead atoms. The lowest BCUT2D eigenvalue weighted by Crippen LogP contribution is -2.54. The zero-order chi connectivity index (χ0) is 24.8. The van der Waals surface area contributed by atoms with Gasteiger partial charge in [0.05, 0.1) is 11.3 Å². The summed E-state index contributed by atoms with van der Waals surface area (Å²) in [4.78, 5) is 26.7. The SMILES string of the molecule is Cc1cc(/C=C2/C(=O)NC(=S)N(c3cccc(C(F)(F)F)c3)C2=O)c(C)n1-c1ccc(Cl)cc1. The van der Waals surface area contributed by atoms with Crippen LogP contribution in [-0.4, -0.2) is 21.5 Å². The number of aryl methyl sites for hydroxylation is 1. The van der Waals surface area contributed by atoms with E-state index in [4.69, 9.17) is 23.8 Å². The van der Waals surface area contributed by atoms with Crippen LogP contribution in [0.25, 0.3) is 11.8 Å². The first-order valence-electron chi connectivity index (χ1n) is 10.0. The monoisotopic (exact) mass is 503 g/mol. The van der Waals surface area contributed by atoms with Crippen LogP contribution in [0.5, 0.6) is 0 Å². The second kappa shape index (κ2) is 8.73. The summed E-state index contributed by atoms with van der Waals surface area (Å²) in [5.41, 5.74) is 1.77. The van der Waals surface area contributed by atoms with E-state index < -0.39 is 23.6 Å². The summed E-state index contributed by atoms with van der Waals surface area (Å²) >= 11 is 11.1. The van der Waals surface area contributed by atoms with Crippen LogP contribution in [0.2, 0.25) is 5.02 Å². The number of benzene rings is 2. The van der Waals surface area contributed by atoms with Gasteiger partial charge in [0.15, 0.2) is 5.11 Å². The molecule has 3 aromatic rings. The number of alkyl halides is 3. The van der Waals surface area contributed by atoms with Crippen LogP contribution in [0.4, 0.5) is 18.9 Å². The van der Waals surface area contributed by atoms with E-state index in [0.29, 0.717) is 10.6 Å². The molecule has 4 rings (SSSR count). The summed E-state index contributed by atoms with van der Waals surface area (Å²) in [6, 6.07) is 13.2. The largest absolute Gasteiger partial charge is 0.416 e. The molecule has 1 aromatic heterocycles. The van der Waals surface area contributed by atoms with Gasteiger partial charge in [0, 0.05) is 22.1 Å². The molecule has 0 spiro atoms. The maximum Gasteiger partial charge on any atom is 0.416 e. The number of carbonyl (C=O) groups is 2. The summed E-state index contributed by atoms with van der Waals surface area (Å²) in [5.74, 6) is -1.54. The van der Waals surface area contributed by atoms with E-state index in [1.54, 1.807) is 18.2 Å². The molecular formula is C24H17ClF3N3O2S. The van der Waals surface area contributed by atoms with Gasteiger partial charge in [0.1, 0.15) is 5.57 Å². The molecule has 10 heteroatoms. The zero-order valence-electron chi connectivity index (χ0n) is 17.9. The predicted molar refractivity (Wildman–Crippen MR) is 128 cm³/mol. The molecule has 1 N–H and O–H groups in total. The Balaban J connectivity index is 1.75. The molecule has 5 nitrogen and oxygen atoms in total. The van der Waals surface area contributed by atoms with Gasteiger partial charge in [-0.3, -0.25) is 19.8 Å². The van der Waals surface area contributed by atoms with Crippen molar-refractivity contribution in [2.45, 2.75) is 20.0 Å². The van der Waals surface area contributed by atoms with Crippen LogP contribution in [0, 0.1) is 13.8 Å². The average Bonchev–Trinajstić information content (AvgIpc) is 3.04. The van der Waals surface area contributed by atoms with Gasteiger partial charge in [-0.05, 0) is 86.2 Å². The van der Waals surface area contributed by atoms with Gasteiger partial charge in [0.25, 0.3) is 11.8 Å². The molecule has 0 atom stereocenters. The molecule has 34 heavy (non-hydrogen) atoms. The number of thiocarbonyl (C=S) groups is 1. The highest BCUT2D eigenvalue weighted by atomic mass is 35.5. The summed E-state index contributed by atoms with van der Waals surface area (Å²) in [6.45, 7) is 3.70. The van der Waals surface area contributed by atoms with Gasteiger partial charge in [0.2, 0.25) is 0 Å². The van der Waals surface area contributed by atoms with Crippen LogP contribution in [-0.2, 0) is 15.8 Å². The Kier molecular flexibility index (Phi) is 6.09. The first-order valence-corrected chi connectivity index (χ1v) is 10.8. The fraction of sp³-hybridized carbons (Fsp3) is 0.125. The molecule has 0 radical (unpaired) electrons. The predicted octanol–water partition coefficient (Wildman–Crippen LogP) is 5.60. The number of hydrogen-bond acceptors (Lipinski definition) is 3. The van der Waals surface area contributed by atoms with E-state index in [9.17, 15) is 22.8 Å². The molecule has 0 saturated carbocycles. The van der Waals surface area contributed by atoms with Gasteiger partial charge < -0.3 is 4.57 Å². The van der Waals surface area contributed by atoms with Crippen LogP contribution in [0.3, 0.4) is 0 Å². The van der Waals surface area contributed by atoms with Crippen LogP contribution in [0.1, 0.15) is 22.5 Å². The number of carbonyl (C=O) groups excluding carboxylic acids is 2.